The Labute approximate surface area is 90.7 Å². The lowest BCUT2D eigenvalue weighted by molar-refractivity contribution is 0.318. The van der Waals surface area contributed by atoms with Crippen LogP contribution in [0.4, 0.5) is 0 Å². The van der Waals surface area contributed by atoms with E-state index in [4.69, 9.17) is 28.3 Å². The smallest absolute Gasteiger partial charge is 0.0543 e. The molecule has 0 saturated heterocycles. The minimum atomic E-state index is -2.11. The lowest BCUT2D eigenvalue weighted by Crippen LogP contribution is -2.27. The molecule has 6 heteroatoms. The Kier molecular flexibility index (Phi) is 7.36. The first kappa shape index (κ1) is 13.7. The van der Waals surface area contributed by atoms with Gasteiger partial charge in [0.1, 0.15) is 0 Å². The molecule has 1 aliphatic carbocycles. The molecule has 1 N–H and O–H groups in total. The molecule has 3 atom stereocenters. The summed E-state index contributed by atoms with van der Waals surface area (Å²) in [4.78, 5) is 0. The van der Waals surface area contributed by atoms with E-state index in [9.17, 15) is 8.76 Å². The first-order valence-corrected chi connectivity index (χ1v) is 6.02. The number of aliphatic hydroxyl groups excluding tert-OH is 1. The zero-order chi connectivity index (χ0) is 10.4. The molecule has 0 spiro atoms. The summed E-state index contributed by atoms with van der Waals surface area (Å²) in [5, 5.41) is 6.44. The third kappa shape index (κ3) is 4.61. The maximum absolute atomic E-state index is 10.5. The zero-order valence-electron chi connectivity index (χ0n) is 7.28. The van der Waals surface area contributed by atoms with E-state index in [1.54, 1.807) is 6.92 Å². The van der Waals surface area contributed by atoms with Crippen molar-refractivity contribution in [3.05, 3.63) is 0 Å². The van der Waals surface area contributed by atoms with Crippen LogP contribution in [0, 0.1) is 0 Å². The van der Waals surface area contributed by atoms with Gasteiger partial charge in [0.15, 0.2) is 0 Å². The zero-order valence-corrected chi connectivity index (χ0v) is 9.61. The molecule has 3 nitrogen and oxygen atoms in total. The summed E-state index contributed by atoms with van der Waals surface area (Å²) in [6, 6.07) is 0. The van der Waals surface area contributed by atoms with Crippen molar-refractivity contribution in [1.29, 1.82) is 0 Å². The lowest BCUT2D eigenvalue weighted by atomic mass is 10.4. The van der Waals surface area contributed by atoms with Gasteiger partial charge in [-0.3, -0.25) is 4.21 Å². The highest BCUT2D eigenvalue weighted by Gasteiger charge is 2.34. The van der Waals surface area contributed by atoms with Crippen molar-refractivity contribution in [1.82, 2.24) is 0 Å². The molecule has 13 heavy (non-hydrogen) atoms. The fraction of sp³-hybridized carbons (Fsp3) is 1.00. The molecule has 0 aliphatic heterocycles. The third-order valence-corrected chi connectivity index (χ3v) is 4.03. The maximum Gasteiger partial charge on any atom is 0.0543 e. The molecule has 1 fully saturated rings. The second-order valence-electron chi connectivity index (χ2n) is 2.65. The number of hydrogen-bond acceptors (Lipinski definition) is 3. The Balaban J connectivity index is 0.000000424. The Hall–Kier alpha value is 0.650. The van der Waals surface area contributed by atoms with Crippen LogP contribution in [0.1, 0.15) is 19.8 Å². The van der Waals surface area contributed by atoms with Crippen LogP contribution in [0.5, 0.6) is 0 Å². The summed E-state index contributed by atoms with van der Waals surface area (Å²) in [6.45, 7) is 1.93. The standard InChI is InChI=1S/C5H8Cl2O2S.C2H6O/c6-3-1-2-4(7)5(3)10(8)9;1-2-3/h3-5H,1-2H2,(H,8,9);3H,2H2,1H3/p-1. The maximum atomic E-state index is 10.5. The van der Waals surface area contributed by atoms with Crippen molar-refractivity contribution in [2.24, 2.45) is 0 Å². The molecule has 3 unspecified atom stereocenters. The normalized spacial score (nSPS) is 35.0. The van der Waals surface area contributed by atoms with Crippen molar-refractivity contribution in [3.8, 4) is 0 Å². The van der Waals surface area contributed by atoms with Crippen molar-refractivity contribution < 1.29 is 13.9 Å². The predicted molar refractivity (Wildman–Crippen MR) is 54.0 cm³/mol. The molecule has 0 aromatic rings. The van der Waals surface area contributed by atoms with Gasteiger partial charge in [0.2, 0.25) is 0 Å². The molecule has 0 aromatic carbocycles. The third-order valence-electron chi connectivity index (χ3n) is 1.65. The first-order valence-electron chi connectivity index (χ1n) is 4.01. The van der Waals surface area contributed by atoms with Crippen LogP contribution in [-0.2, 0) is 11.1 Å². The number of halogens is 2. The monoisotopic (exact) mass is 247 g/mol. The van der Waals surface area contributed by atoms with Crippen LogP contribution >= 0.6 is 23.2 Å². The topological polar surface area (TPSA) is 60.4 Å². The SMILES string of the molecule is CCO.O=S([O-])C1C(Cl)CCC1Cl. The van der Waals surface area contributed by atoms with Crippen LogP contribution in [0.25, 0.3) is 0 Å². The molecular weight excluding hydrogens is 235 g/mol. The predicted octanol–water partition coefficient (Wildman–Crippen LogP) is 1.24. The average molecular weight is 248 g/mol. The van der Waals surface area contributed by atoms with E-state index in [-0.39, 0.29) is 17.4 Å². The van der Waals surface area contributed by atoms with Gasteiger partial charge in [-0.2, -0.15) is 0 Å². The molecular formula is C7H13Cl2O3S-. The molecule has 1 aliphatic rings. The molecule has 80 valence electrons. The van der Waals surface area contributed by atoms with Crippen LogP contribution in [0.15, 0.2) is 0 Å². The van der Waals surface area contributed by atoms with Gasteiger partial charge in [-0.15, -0.1) is 23.2 Å². The van der Waals surface area contributed by atoms with E-state index in [2.05, 4.69) is 0 Å². The van der Waals surface area contributed by atoms with E-state index >= 15 is 0 Å². The Morgan fingerprint density at radius 3 is 1.92 bits per heavy atom. The summed E-state index contributed by atoms with van der Waals surface area (Å²) in [5.41, 5.74) is 0. The van der Waals surface area contributed by atoms with E-state index in [1.807, 2.05) is 0 Å². The van der Waals surface area contributed by atoms with Crippen LogP contribution < -0.4 is 0 Å². The Morgan fingerprint density at radius 2 is 1.77 bits per heavy atom. The fourth-order valence-electron chi connectivity index (χ4n) is 1.11. The van der Waals surface area contributed by atoms with Gasteiger partial charge in [-0.25, -0.2) is 0 Å². The fourth-order valence-corrected chi connectivity index (χ4v) is 3.05. The number of rotatable bonds is 1. The second kappa shape index (κ2) is 7.01. The molecule has 1 saturated carbocycles. The highest BCUT2D eigenvalue weighted by molar-refractivity contribution is 7.80. The number of aliphatic hydroxyl groups is 1. The second-order valence-corrected chi connectivity index (χ2v) is 4.84. The Bertz CT molecular complexity index is 158. The number of hydrogen-bond donors (Lipinski definition) is 1. The summed E-state index contributed by atoms with van der Waals surface area (Å²) >= 11 is 9.27. The van der Waals surface area contributed by atoms with E-state index in [0.29, 0.717) is 12.8 Å². The van der Waals surface area contributed by atoms with E-state index in [1.165, 1.54) is 0 Å². The minimum absolute atomic E-state index is 0.250. The molecule has 0 bridgehead atoms. The average Bonchev–Trinajstić information content (AvgIpc) is 2.32. The summed E-state index contributed by atoms with van der Waals surface area (Å²) in [5.74, 6) is 0. The molecule has 0 amide bonds. The highest BCUT2D eigenvalue weighted by atomic mass is 35.5. The van der Waals surface area contributed by atoms with Crippen LogP contribution in [-0.4, -0.2) is 36.5 Å². The van der Waals surface area contributed by atoms with Crippen molar-refractivity contribution in [2.75, 3.05) is 6.61 Å². The van der Waals surface area contributed by atoms with Crippen LogP contribution in [0.3, 0.4) is 0 Å². The summed E-state index contributed by atoms with van der Waals surface area (Å²) in [7, 11) is 0. The lowest BCUT2D eigenvalue weighted by Gasteiger charge is -2.19. The van der Waals surface area contributed by atoms with E-state index < -0.39 is 16.3 Å². The van der Waals surface area contributed by atoms with Gasteiger partial charge in [-0.05, 0) is 30.8 Å². The molecule has 0 heterocycles. The summed E-state index contributed by atoms with van der Waals surface area (Å²) in [6.07, 6.45) is 1.41. The first-order chi connectivity index (χ1) is 6.04. The van der Waals surface area contributed by atoms with Gasteiger partial charge >= 0.3 is 0 Å². The van der Waals surface area contributed by atoms with E-state index in [0.717, 1.165) is 0 Å². The van der Waals surface area contributed by atoms with Crippen molar-refractivity contribution >= 4 is 34.3 Å². The van der Waals surface area contributed by atoms with Gasteiger partial charge in [0, 0.05) is 17.4 Å². The van der Waals surface area contributed by atoms with Gasteiger partial charge in [0.25, 0.3) is 0 Å². The van der Waals surface area contributed by atoms with Crippen LogP contribution in [0.2, 0.25) is 0 Å². The highest BCUT2D eigenvalue weighted by Crippen LogP contribution is 2.31. The largest absolute Gasteiger partial charge is 0.772 e. The van der Waals surface area contributed by atoms with Gasteiger partial charge in [-0.1, -0.05) is 0 Å². The van der Waals surface area contributed by atoms with Crippen molar-refractivity contribution in [3.63, 3.8) is 0 Å². The van der Waals surface area contributed by atoms with Gasteiger partial charge < -0.3 is 9.66 Å². The quantitative estimate of drug-likeness (QED) is 0.561. The minimum Gasteiger partial charge on any atom is -0.772 e. The van der Waals surface area contributed by atoms with Gasteiger partial charge in [0.05, 0.1) is 5.25 Å². The number of alkyl halides is 2. The van der Waals surface area contributed by atoms with Crippen molar-refractivity contribution in [2.45, 2.75) is 35.8 Å². The summed E-state index contributed by atoms with van der Waals surface area (Å²) < 4.78 is 20.9. The molecule has 0 aromatic heterocycles. The Morgan fingerprint density at radius 1 is 1.46 bits per heavy atom. The molecule has 1 rings (SSSR count). The molecule has 0 radical (unpaired) electrons.